The molecule has 0 saturated carbocycles. The maximum Gasteiger partial charge on any atom is 0.266 e. The number of fused-ring (bicyclic) bond motifs is 1. The fourth-order valence-corrected chi connectivity index (χ4v) is 2.55. The predicted octanol–water partition coefficient (Wildman–Crippen LogP) is 1.03. The summed E-state index contributed by atoms with van der Waals surface area (Å²) in [6, 6.07) is 5.12. The lowest BCUT2D eigenvalue weighted by Gasteiger charge is -2.31. The summed E-state index contributed by atoms with van der Waals surface area (Å²) in [5.41, 5.74) is 1.96. The molecule has 0 amide bonds. The highest BCUT2D eigenvalue weighted by Gasteiger charge is 2.18. The summed E-state index contributed by atoms with van der Waals surface area (Å²) < 4.78 is 30.2. The summed E-state index contributed by atoms with van der Waals surface area (Å²) >= 11 is 0. The van der Waals surface area contributed by atoms with Gasteiger partial charge in [-0.05, 0) is 24.5 Å². The second-order valence-corrected chi connectivity index (χ2v) is 5.76. The minimum atomic E-state index is -3.94. The van der Waals surface area contributed by atoms with Crippen LogP contribution >= 0.6 is 0 Å². The number of aryl methyl sites for hydroxylation is 1. The molecule has 0 aliphatic carbocycles. The molecular weight excluding hydrogens is 242 g/mol. The van der Waals surface area contributed by atoms with Gasteiger partial charge < -0.3 is 10.0 Å². The van der Waals surface area contributed by atoms with Crippen LogP contribution in [-0.2, 0) is 16.5 Å². The van der Waals surface area contributed by atoms with Crippen molar-refractivity contribution in [3.05, 3.63) is 23.8 Å². The third-order valence-corrected chi connectivity index (χ3v) is 3.60. The summed E-state index contributed by atoms with van der Waals surface area (Å²) in [5.74, 6) is -0.121. The van der Waals surface area contributed by atoms with Crippen LogP contribution in [0.2, 0.25) is 0 Å². The first-order valence-corrected chi connectivity index (χ1v) is 7.09. The van der Waals surface area contributed by atoms with Crippen molar-refractivity contribution in [1.29, 1.82) is 0 Å². The lowest BCUT2D eigenvalue weighted by molar-refractivity contribution is 0.474. The highest BCUT2D eigenvalue weighted by Crippen LogP contribution is 2.30. The molecule has 0 aromatic heterocycles. The normalized spacial score (nSPS) is 15.7. The molecule has 2 rings (SSSR count). The molecule has 17 heavy (non-hydrogen) atoms. The van der Waals surface area contributed by atoms with Crippen LogP contribution in [0.5, 0.6) is 5.75 Å². The molecule has 5 nitrogen and oxygen atoms in total. The van der Waals surface area contributed by atoms with Crippen molar-refractivity contribution in [2.75, 3.05) is 23.7 Å². The number of anilines is 1. The lowest BCUT2D eigenvalue weighted by atomic mass is 10.0. The smallest absolute Gasteiger partial charge is 0.266 e. The van der Waals surface area contributed by atoms with E-state index in [1.54, 1.807) is 12.1 Å². The number of benzene rings is 1. The number of nitrogens with zero attached hydrogens (tertiary/aromatic N) is 1. The fourth-order valence-electron chi connectivity index (χ4n) is 2.10. The molecule has 2 N–H and O–H groups in total. The molecule has 0 atom stereocenters. The molecule has 0 unspecified atom stereocenters. The molecule has 0 bridgehead atoms. The van der Waals surface area contributed by atoms with Gasteiger partial charge in [-0.25, -0.2) is 0 Å². The molecule has 1 aromatic carbocycles. The zero-order valence-electron chi connectivity index (χ0n) is 9.33. The lowest BCUT2D eigenvalue weighted by Crippen LogP contribution is -2.33. The van der Waals surface area contributed by atoms with E-state index in [4.69, 9.17) is 4.55 Å². The number of aromatic hydroxyl groups is 1. The van der Waals surface area contributed by atoms with E-state index in [-0.39, 0.29) is 18.0 Å². The molecule has 1 aliphatic rings. The van der Waals surface area contributed by atoms with Gasteiger partial charge in [0.25, 0.3) is 10.1 Å². The number of hydrogen-bond acceptors (Lipinski definition) is 4. The van der Waals surface area contributed by atoms with Crippen molar-refractivity contribution in [2.45, 2.75) is 12.8 Å². The van der Waals surface area contributed by atoms with E-state index in [2.05, 4.69) is 0 Å². The van der Waals surface area contributed by atoms with Crippen LogP contribution in [0.15, 0.2) is 18.2 Å². The van der Waals surface area contributed by atoms with Crippen LogP contribution < -0.4 is 4.90 Å². The van der Waals surface area contributed by atoms with Crippen LogP contribution in [0.25, 0.3) is 0 Å². The van der Waals surface area contributed by atoms with E-state index in [0.717, 1.165) is 30.6 Å². The van der Waals surface area contributed by atoms with Gasteiger partial charge in [-0.3, -0.25) is 4.55 Å². The van der Waals surface area contributed by atoms with E-state index in [1.165, 1.54) is 0 Å². The molecule has 94 valence electrons. The molecular formula is C11H15NO4S. The number of phenolic OH excluding ortho intramolecular Hbond substituents is 1. The Balaban J connectivity index is 2.19. The van der Waals surface area contributed by atoms with Gasteiger partial charge in [0, 0.05) is 24.8 Å². The Hall–Kier alpha value is -1.27. The molecule has 1 aliphatic heterocycles. The zero-order valence-corrected chi connectivity index (χ0v) is 10.2. The van der Waals surface area contributed by atoms with Crippen molar-refractivity contribution in [1.82, 2.24) is 0 Å². The highest BCUT2D eigenvalue weighted by molar-refractivity contribution is 7.85. The van der Waals surface area contributed by atoms with Gasteiger partial charge in [0.15, 0.2) is 0 Å². The first-order valence-electron chi connectivity index (χ1n) is 5.48. The SMILES string of the molecule is O=S(=O)(O)CCN1CCCc2ccc(O)cc21. The Kier molecular flexibility index (Phi) is 3.26. The van der Waals surface area contributed by atoms with Gasteiger partial charge >= 0.3 is 0 Å². The second kappa shape index (κ2) is 4.54. The van der Waals surface area contributed by atoms with Crippen LogP contribution in [0, 0.1) is 0 Å². The molecule has 0 spiro atoms. The van der Waals surface area contributed by atoms with Gasteiger partial charge in [-0.2, -0.15) is 8.42 Å². The Morgan fingerprint density at radius 3 is 2.82 bits per heavy atom. The number of phenols is 1. The van der Waals surface area contributed by atoms with Gasteiger partial charge in [-0.15, -0.1) is 0 Å². The Morgan fingerprint density at radius 1 is 1.35 bits per heavy atom. The molecule has 1 heterocycles. The molecule has 6 heteroatoms. The summed E-state index contributed by atoms with van der Waals surface area (Å²) in [5, 5.41) is 9.44. The second-order valence-electron chi connectivity index (χ2n) is 4.19. The summed E-state index contributed by atoms with van der Waals surface area (Å²) in [7, 11) is -3.94. The number of rotatable bonds is 3. The Labute approximate surface area is 100 Å². The Bertz CT molecular complexity index is 512. The van der Waals surface area contributed by atoms with Crippen LogP contribution in [0.4, 0.5) is 5.69 Å². The summed E-state index contributed by atoms with van der Waals surface area (Å²) in [4.78, 5) is 1.88. The first-order chi connectivity index (χ1) is 7.96. The Morgan fingerprint density at radius 2 is 2.12 bits per heavy atom. The average Bonchev–Trinajstić information content (AvgIpc) is 2.25. The van der Waals surface area contributed by atoms with Gasteiger partial charge in [0.1, 0.15) is 5.75 Å². The van der Waals surface area contributed by atoms with Gasteiger partial charge in [-0.1, -0.05) is 6.07 Å². The zero-order chi connectivity index (χ0) is 12.5. The monoisotopic (exact) mass is 257 g/mol. The number of hydrogen-bond donors (Lipinski definition) is 2. The third kappa shape index (κ3) is 3.10. The third-order valence-electron chi connectivity index (χ3n) is 2.90. The van der Waals surface area contributed by atoms with Gasteiger partial charge in [0.05, 0.1) is 5.75 Å². The maximum atomic E-state index is 10.7. The van der Waals surface area contributed by atoms with Crippen LogP contribution in [0.3, 0.4) is 0 Å². The van der Waals surface area contributed by atoms with E-state index < -0.39 is 10.1 Å². The standard InChI is InChI=1S/C11H15NO4S/c13-10-4-3-9-2-1-5-12(11(9)8-10)6-7-17(14,15)16/h3-4,8,13H,1-2,5-7H2,(H,14,15,16). The minimum absolute atomic E-state index is 0.169. The van der Waals surface area contributed by atoms with Crippen LogP contribution in [-0.4, -0.2) is 36.9 Å². The topological polar surface area (TPSA) is 77.8 Å². The molecule has 1 aromatic rings. The fraction of sp³-hybridized carbons (Fsp3) is 0.455. The van der Waals surface area contributed by atoms with Crippen molar-refractivity contribution in [3.8, 4) is 5.75 Å². The largest absolute Gasteiger partial charge is 0.508 e. The predicted molar refractivity (Wildman–Crippen MR) is 65.1 cm³/mol. The van der Waals surface area contributed by atoms with Crippen molar-refractivity contribution < 1.29 is 18.1 Å². The van der Waals surface area contributed by atoms with Crippen LogP contribution in [0.1, 0.15) is 12.0 Å². The van der Waals surface area contributed by atoms with E-state index in [0.29, 0.717) is 0 Å². The van der Waals surface area contributed by atoms with Crippen molar-refractivity contribution in [3.63, 3.8) is 0 Å². The highest BCUT2D eigenvalue weighted by atomic mass is 32.2. The van der Waals surface area contributed by atoms with E-state index >= 15 is 0 Å². The summed E-state index contributed by atoms with van der Waals surface area (Å²) in [6.07, 6.45) is 1.88. The quantitative estimate of drug-likeness (QED) is 0.791. The average molecular weight is 257 g/mol. The van der Waals surface area contributed by atoms with Gasteiger partial charge in [0.2, 0.25) is 0 Å². The first kappa shape index (κ1) is 12.2. The molecule has 0 radical (unpaired) electrons. The molecule has 0 saturated heterocycles. The minimum Gasteiger partial charge on any atom is -0.508 e. The maximum absolute atomic E-state index is 10.7. The summed E-state index contributed by atoms with van der Waals surface area (Å²) in [6.45, 7) is 0.987. The molecule has 0 fully saturated rings. The van der Waals surface area contributed by atoms with Crippen molar-refractivity contribution >= 4 is 15.8 Å². The van der Waals surface area contributed by atoms with Crippen molar-refractivity contribution in [2.24, 2.45) is 0 Å². The van der Waals surface area contributed by atoms with E-state index in [1.807, 2.05) is 11.0 Å². The van der Waals surface area contributed by atoms with E-state index in [9.17, 15) is 13.5 Å².